The summed E-state index contributed by atoms with van der Waals surface area (Å²) in [6.45, 7) is 9.22. The van der Waals surface area contributed by atoms with Gasteiger partial charge in [0.2, 0.25) is 0 Å². The first kappa shape index (κ1) is 46.5. The molecular weight excluding hydrogens is 572 g/mol. The van der Waals surface area contributed by atoms with Gasteiger partial charge in [0.25, 0.3) is 0 Å². The zero-order valence-corrected chi connectivity index (χ0v) is 33.3. The fourth-order valence-corrected chi connectivity index (χ4v) is 7.99. The van der Waals surface area contributed by atoms with Crippen LogP contribution in [0.25, 0.3) is 0 Å². The number of carboxylic acids is 1. The molecule has 0 spiro atoms. The van der Waals surface area contributed by atoms with Crippen LogP contribution in [0.5, 0.6) is 0 Å². The number of aliphatic carboxylic acids is 1. The summed E-state index contributed by atoms with van der Waals surface area (Å²) in [5.41, 5.74) is -0.490. The molecule has 0 aliphatic heterocycles. The van der Waals surface area contributed by atoms with Crippen LogP contribution in [-0.2, 0) is 4.79 Å². The van der Waals surface area contributed by atoms with Gasteiger partial charge in [0.1, 0.15) is 0 Å². The van der Waals surface area contributed by atoms with E-state index < -0.39 is 11.4 Å². The van der Waals surface area contributed by atoms with E-state index in [1.807, 2.05) is 0 Å². The second kappa shape index (κ2) is 36.7. The van der Waals surface area contributed by atoms with E-state index in [4.69, 9.17) is 0 Å². The third-order valence-electron chi connectivity index (χ3n) is 11.3. The Morgan fingerprint density at radius 1 is 0.404 bits per heavy atom. The first-order chi connectivity index (χ1) is 23.0. The van der Waals surface area contributed by atoms with Crippen molar-refractivity contribution in [2.45, 2.75) is 272 Å². The molecule has 0 heterocycles. The summed E-state index contributed by atoms with van der Waals surface area (Å²) >= 11 is 0. The third kappa shape index (κ3) is 31.2. The highest BCUT2D eigenvalue weighted by molar-refractivity contribution is 5.74. The van der Waals surface area contributed by atoms with E-state index in [9.17, 15) is 9.90 Å². The van der Waals surface area contributed by atoms with Crippen molar-refractivity contribution in [3.63, 3.8) is 0 Å². The molecule has 0 radical (unpaired) electrons. The quantitative estimate of drug-likeness (QED) is 0.0663. The van der Waals surface area contributed by atoms with Crippen LogP contribution in [0.2, 0.25) is 0 Å². The maximum Gasteiger partial charge on any atom is 0.309 e. The number of carboxylic acid groups (broad SMARTS) is 1. The third-order valence-corrected chi connectivity index (χ3v) is 11.3. The molecule has 0 aromatic heterocycles. The van der Waals surface area contributed by atoms with Crippen molar-refractivity contribution >= 4 is 5.97 Å². The number of unbranched alkanes of at least 4 members (excludes halogenated alkanes) is 31. The Bertz CT molecular complexity index is 615. The standard InChI is InChI=1S/C45H90O2/c1-5-8-11-14-17-20-22-23-24-25-26-27-29-32-35-38-41-45(44(46)47,40-37-34-31-19-16-13-10-7-3)42-43(4)39-36-33-30-28-21-18-15-12-9-6-2/h43H,5-42H2,1-4H3,(H,46,47). The van der Waals surface area contributed by atoms with Gasteiger partial charge in [-0.05, 0) is 25.2 Å². The zero-order chi connectivity index (χ0) is 34.5. The fourth-order valence-electron chi connectivity index (χ4n) is 7.99. The van der Waals surface area contributed by atoms with E-state index in [1.54, 1.807) is 0 Å². The maximum absolute atomic E-state index is 12.9. The maximum atomic E-state index is 12.9. The van der Waals surface area contributed by atoms with Crippen LogP contribution >= 0.6 is 0 Å². The summed E-state index contributed by atoms with van der Waals surface area (Å²) in [5, 5.41) is 10.6. The molecule has 2 heteroatoms. The van der Waals surface area contributed by atoms with E-state index in [1.165, 1.54) is 212 Å². The first-order valence-electron chi connectivity index (χ1n) is 22.3. The van der Waals surface area contributed by atoms with Crippen LogP contribution in [0.4, 0.5) is 0 Å². The largest absolute Gasteiger partial charge is 0.481 e. The average Bonchev–Trinajstić information content (AvgIpc) is 3.06. The highest BCUT2D eigenvalue weighted by Gasteiger charge is 2.38. The molecule has 0 amide bonds. The molecule has 2 nitrogen and oxygen atoms in total. The number of hydrogen-bond donors (Lipinski definition) is 1. The van der Waals surface area contributed by atoms with Crippen molar-refractivity contribution in [2.75, 3.05) is 0 Å². The lowest BCUT2D eigenvalue weighted by Gasteiger charge is -2.32. The van der Waals surface area contributed by atoms with Gasteiger partial charge < -0.3 is 5.11 Å². The molecular formula is C45H90O2. The molecule has 0 aromatic rings. The van der Waals surface area contributed by atoms with Crippen LogP contribution in [0.15, 0.2) is 0 Å². The van der Waals surface area contributed by atoms with E-state index in [2.05, 4.69) is 27.7 Å². The second-order valence-corrected chi connectivity index (χ2v) is 16.1. The van der Waals surface area contributed by atoms with Gasteiger partial charge in [-0.15, -0.1) is 0 Å². The Hall–Kier alpha value is -0.530. The van der Waals surface area contributed by atoms with Crippen molar-refractivity contribution in [1.82, 2.24) is 0 Å². The second-order valence-electron chi connectivity index (χ2n) is 16.1. The van der Waals surface area contributed by atoms with Crippen molar-refractivity contribution < 1.29 is 9.90 Å². The lowest BCUT2D eigenvalue weighted by Crippen LogP contribution is -2.33. The summed E-state index contributed by atoms with van der Waals surface area (Å²) in [6, 6.07) is 0. The molecule has 0 aromatic carbocycles. The first-order valence-corrected chi connectivity index (χ1v) is 22.3. The van der Waals surface area contributed by atoms with Crippen molar-refractivity contribution in [1.29, 1.82) is 0 Å². The average molecular weight is 663 g/mol. The van der Waals surface area contributed by atoms with Gasteiger partial charge in [-0.1, -0.05) is 252 Å². The zero-order valence-electron chi connectivity index (χ0n) is 33.3. The molecule has 0 fully saturated rings. The Morgan fingerprint density at radius 2 is 0.638 bits per heavy atom. The van der Waals surface area contributed by atoms with Crippen LogP contribution in [0.1, 0.15) is 272 Å². The van der Waals surface area contributed by atoms with Gasteiger partial charge in [-0.3, -0.25) is 4.79 Å². The van der Waals surface area contributed by atoms with E-state index in [0.717, 1.165) is 32.1 Å². The van der Waals surface area contributed by atoms with Crippen LogP contribution in [0, 0.1) is 11.3 Å². The monoisotopic (exact) mass is 663 g/mol. The number of hydrogen-bond acceptors (Lipinski definition) is 1. The van der Waals surface area contributed by atoms with E-state index in [-0.39, 0.29) is 0 Å². The highest BCUT2D eigenvalue weighted by atomic mass is 16.4. The molecule has 2 atom stereocenters. The molecule has 2 unspecified atom stereocenters. The Balaban J connectivity index is 4.40. The topological polar surface area (TPSA) is 37.3 Å². The van der Waals surface area contributed by atoms with Gasteiger partial charge in [-0.2, -0.15) is 0 Å². The summed E-state index contributed by atoms with van der Waals surface area (Å²) in [7, 11) is 0. The lowest BCUT2D eigenvalue weighted by atomic mass is 9.71. The van der Waals surface area contributed by atoms with Gasteiger partial charge in [0.05, 0.1) is 5.41 Å². The lowest BCUT2D eigenvalue weighted by molar-refractivity contribution is -0.151. The van der Waals surface area contributed by atoms with Crippen molar-refractivity contribution in [3.8, 4) is 0 Å². The molecule has 0 aliphatic rings. The minimum absolute atomic E-state index is 0.490. The SMILES string of the molecule is CCCCCCCCCCCCCCCCCCC(CCCCCCCCCC)(CC(C)CCCCCCCCCCCC)C(=O)O. The summed E-state index contributed by atoms with van der Waals surface area (Å²) < 4.78 is 0. The molecule has 47 heavy (non-hydrogen) atoms. The summed E-state index contributed by atoms with van der Waals surface area (Å²) in [6.07, 6.45) is 49.9. The normalized spacial score (nSPS) is 13.6. The molecule has 0 saturated heterocycles. The minimum Gasteiger partial charge on any atom is -0.481 e. The van der Waals surface area contributed by atoms with Crippen LogP contribution in [0.3, 0.4) is 0 Å². The smallest absolute Gasteiger partial charge is 0.309 e. The number of rotatable bonds is 40. The summed E-state index contributed by atoms with van der Waals surface area (Å²) in [4.78, 5) is 12.9. The molecule has 0 aliphatic carbocycles. The van der Waals surface area contributed by atoms with Gasteiger partial charge in [-0.25, -0.2) is 0 Å². The van der Waals surface area contributed by atoms with Crippen molar-refractivity contribution in [3.05, 3.63) is 0 Å². The Morgan fingerprint density at radius 3 is 0.894 bits per heavy atom. The fraction of sp³-hybridized carbons (Fsp3) is 0.978. The van der Waals surface area contributed by atoms with Crippen LogP contribution in [-0.4, -0.2) is 11.1 Å². The molecule has 282 valence electrons. The van der Waals surface area contributed by atoms with E-state index >= 15 is 0 Å². The molecule has 1 N–H and O–H groups in total. The Kier molecular flexibility index (Phi) is 36.3. The molecule has 0 saturated carbocycles. The van der Waals surface area contributed by atoms with Gasteiger partial charge >= 0.3 is 5.97 Å². The van der Waals surface area contributed by atoms with Gasteiger partial charge in [0, 0.05) is 0 Å². The van der Waals surface area contributed by atoms with Gasteiger partial charge in [0.15, 0.2) is 0 Å². The highest BCUT2D eigenvalue weighted by Crippen LogP contribution is 2.40. The predicted molar refractivity (Wildman–Crippen MR) is 212 cm³/mol. The predicted octanol–water partition coefficient (Wildman–Crippen LogP) is 16.6. The van der Waals surface area contributed by atoms with Crippen LogP contribution < -0.4 is 0 Å². The molecule has 0 bridgehead atoms. The Labute approximate surface area is 298 Å². The van der Waals surface area contributed by atoms with E-state index in [0.29, 0.717) is 5.92 Å². The number of carbonyl (C=O) groups is 1. The minimum atomic E-state index is -0.490. The molecule has 0 rings (SSSR count). The summed E-state index contributed by atoms with van der Waals surface area (Å²) in [5.74, 6) is 0.0339. The van der Waals surface area contributed by atoms with Crippen molar-refractivity contribution in [2.24, 2.45) is 11.3 Å².